The highest BCUT2D eigenvalue weighted by Gasteiger charge is 2.27. The van der Waals surface area contributed by atoms with Crippen LogP contribution in [0.25, 0.3) is 0 Å². The van der Waals surface area contributed by atoms with Crippen molar-refractivity contribution in [1.29, 1.82) is 0 Å². The van der Waals surface area contributed by atoms with Crippen LogP contribution < -0.4 is 0 Å². The molecule has 0 fully saturated rings. The number of carbonyl (C=O) groups is 1. The summed E-state index contributed by atoms with van der Waals surface area (Å²) in [4.78, 5) is 13.2. The lowest BCUT2D eigenvalue weighted by atomic mass is 10.0. The van der Waals surface area contributed by atoms with Crippen molar-refractivity contribution in [2.45, 2.75) is 46.2 Å². The molecule has 1 atom stereocenters. The van der Waals surface area contributed by atoms with E-state index in [0.29, 0.717) is 6.54 Å². The summed E-state index contributed by atoms with van der Waals surface area (Å²) in [7, 11) is 0. The number of carbonyl (C=O) groups excluding carboxylic acids is 1. The van der Waals surface area contributed by atoms with E-state index in [1.807, 2.05) is 11.8 Å². The van der Waals surface area contributed by atoms with Crippen molar-refractivity contribution in [3.05, 3.63) is 0 Å². The largest absolute Gasteiger partial charge is 0.298 e. The summed E-state index contributed by atoms with van der Waals surface area (Å²) in [5, 5.41) is 0. The highest BCUT2D eigenvalue weighted by Crippen LogP contribution is 2.16. The fraction of sp³-hybridized carbons (Fsp3) is 0.727. The van der Waals surface area contributed by atoms with E-state index in [1.165, 1.54) is 0 Å². The van der Waals surface area contributed by atoms with E-state index < -0.39 is 0 Å². The van der Waals surface area contributed by atoms with Gasteiger partial charge in [0.15, 0.2) is 0 Å². The summed E-state index contributed by atoms with van der Waals surface area (Å²) in [5.41, 5.74) is -0.0581. The maximum Gasteiger partial charge on any atom is 0.146 e. The van der Waals surface area contributed by atoms with Crippen LogP contribution >= 0.6 is 0 Å². The summed E-state index contributed by atoms with van der Waals surface area (Å²) in [6.45, 7) is 10.2. The summed E-state index contributed by atoms with van der Waals surface area (Å²) in [5.74, 6) is 2.74. The molecule has 0 saturated carbocycles. The molecule has 0 radical (unpaired) electrons. The maximum absolute atomic E-state index is 11.2. The molecule has 0 aromatic rings. The molecule has 0 saturated heterocycles. The second kappa shape index (κ2) is 4.43. The second-order valence-corrected chi connectivity index (χ2v) is 4.29. The number of nitrogens with zero attached hydrogens (tertiary/aromatic N) is 1. The fourth-order valence-corrected chi connectivity index (χ4v) is 1.27. The predicted molar refractivity (Wildman–Crippen MR) is 55.4 cm³/mol. The molecule has 0 aromatic heterocycles. The first-order chi connectivity index (χ1) is 5.80. The normalized spacial score (nSPS) is 13.9. The Morgan fingerprint density at radius 3 is 2.23 bits per heavy atom. The molecule has 0 aromatic carbocycles. The Balaban J connectivity index is 4.63. The number of Topliss-reactive ketones (excluding diaryl/α,β-unsaturated/α-hetero) is 1. The quantitative estimate of drug-likeness (QED) is 0.618. The van der Waals surface area contributed by atoms with Gasteiger partial charge in [-0.3, -0.25) is 9.69 Å². The van der Waals surface area contributed by atoms with Gasteiger partial charge in [-0.25, -0.2) is 0 Å². The monoisotopic (exact) mass is 181 g/mol. The average molecular weight is 181 g/mol. The predicted octanol–water partition coefficient (Wildman–Crippen LogP) is 1.70. The van der Waals surface area contributed by atoms with Gasteiger partial charge in [-0.05, 0) is 34.6 Å². The van der Waals surface area contributed by atoms with Crippen LogP contribution in [-0.2, 0) is 4.79 Å². The van der Waals surface area contributed by atoms with Gasteiger partial charge >= 0.3 is 0 Å². The smallest absolute Gasteiger partial charge is 0.146 e. The van der Waals surface area contributed by atoms with Gasteiger partial charge in [0.2, 0.25) is 0 Å². The van der Waals surface area contributed by atoms with E-state index in [4.69, 9.17) is 6.42 Å². The van der Waals surface area contributed by atoms with Crippen molar-refractivity contribution < 1.29 is 4.79 Å². The van der Waals surface area contributed by atoms with Gasteiger partial charge in [-0.1, -0.05) is 5.92 Å². The zero-order valence-electron chi connectivity index (χ0n) is 9.22. The number of rotatable bonds is 3. The van der Waals surface area contributed by atoms with Gasteiger partial charge in [0.05, 0.1) is 12.6 Å². The van der Waals surface area contributed by atoms with Crippen molar-refractivity contribution in [1.82, 2.24) is 4.90 Å². The van der Waals surface area contributed by atoms with E-state index in [2.05, 4.69) is 26.7 Å². The molecular weight excluding hydrogens is 162 g/mol. The Morgan fingerprint density at radius 1 is 1.54 bits per heavy atom. The zero-order chi connectivity index (χ0) is 10.6. The minimum atomic E-state index is -0.101. The van der Waals surface area contributed by atoms with Gasteiger partial charge in [0.25, 0.3) is 0 Å². The van der Waals surface area contributed by atoms with Gasteiger partial charge in [0, 0.05) is 5.54 Å². The highest BCUT2D eigenvalue weighted by atomic mass is 16.1. The first-order valence-electron chi connectivity index (χ1n) is 4.51. The molecule has 0 bridgehead atoms. The lowest BCUT2D eigenvalue weighted by Gasteiger charge is -2.37. The zero-order valence-corrected chi connectivity index (χ0v) is 9.22. The van der Waals surface area contributed by atoms with Gasteiger partial charge in [-0.15, -0.1) is 6.42 Å². The molecule has 0 aliphatic heterocycles. The molecule has 0 heterocycles. The van der Waals surface area contributed by atoms with E-state index >= 15 is 0 Å². The van der Waals surface area contributed by atoms with E-state index in [0.717, 1.165) is 0 Å². The van der Waals surface area contributed by atoms with Crippen LogP contribution in [0.2, 0.25) is 0 Å². The molecule has 13 heavy (non-hydrogen) atoms. The van der Waals surface area contributed by atoms with Gasteiger partial charge in [-0.2, -0.15) is 0 Å². The molecule has 0 amide bonds. The van der Waals surface area contributed by atoms with Crippen LogP contribution in [0, 0.1) is 12.3 Å². The third-order valence-electron chi connectivity index (χ3n) is 2.18. The molecule has 2 nitrogen and oxygen atoms in total. The van der Waals surface area contributed by atoms with Crippen LogP contribution in [-0.4, -0.2) is 28.8 Å². The van der Waals surface area contributed by atoms with E-state index in [1.54, 1.807) is 6.92 Å². The molecule has 74 valence electrons. The topological polar surface area (TPSA) is 20.3 Å². The summed E-state index contributed by atoms with van der Waals surface area (Å²) in [6.07, 6.45) is 5.26. The number of terminal acetylenes is 1. The SMILES string of the molecule is C#CCN([C@@H](C)C(C)=O)C(C)(C)C. The maximum atomic E-state index is 11.2. The van der Waals surface area contributed by atoms with E-state index in [-0.39, 0.29) is 17.4 Å². The highest BCUT2D eigenvalue weighted by molar-refractivity contribution is 5.81. The molecule has 0 unspecified atom stereocenters. The Hall–Kier alpha value is -0.810. The minimum Gasteiger partial charge on any atom is -0.298 e. The van der Waals surface area contributed by atoms with Gasteiger partial charge in [0.1, 0.15) is 5.78 Å². The second-order valence-electron chi connectivity index (χ2n) is 4.29. The molecule has 0 N–H and O–H groups in total. The van der Waals surface area contributed by atoms with Crippen molar-refractivity contribution >= 4 is 5.78 Å². The lowest BCUT2D eigenvalue weighted by molar-refractivity contribution is -0.123. The van der Waals surface area contributed by atoms with Crippen molar-refractivity contribution in [2.24, 2.45) is 0 Å². The number of hydrogen-bond donors (Lipinski definition) is 0. The Morgan fingerprint density at radius 2 is 2.00 bits per heavy atom. The van der Waals surface area contributed by atoms with Crippen molar-refractivity contribution in [3.8, 4) is 12.3 Å². The first-order valence-corrected chi connectivity index (χ1v) is 4.51. The van der Waals surface area contributed by atoms with Crippen molar-refractivity contribution in [2.75, 3.05) is 6.54 Å². The molecule has 0 rings (SSSR count). The first kappa shape index (κ1) is 12.2. The van der Waals surface area contributed by atoms with Crippen LogP contribution in [0.5, 0.6) is 0 Å². The van der Waals surface area contributed by atoms with Crippen LogP contribution in [0.1, 0.15) is 34.6 Å². The fourth-order valence-electron chi connectivity index (χ4n) is 1.27. The molecule has 0 spiro atoms. The minimum absolute atomic E-state index is 0.0581. The number of ketones is 1. The van der Waals surface area contributed by atoms with Gasteiger partial charge < -0.3 is 0 Å². The summed E-state index contributed by atoms with van der Waals surface area (Å²) in [6, 6.07) is -0.101. The molecular formula is C11H19NO. The summed E-state index contributed by atoms with van der Waals surface area (Å²) < 4.78 is 0. The van der Waals surface area contributed by atoms with Crippen LogP contribution in [0.3, 0.4) is 0 Å². The Kier molecular flexibility index (Phi) is 4.16. The summed E-state index contributed by atoms with van der Waals surface area (Å²) >= 11 is 0. The third kappa shape index (κ3) is 3.61. The third-order valence-corrected chi connectivity index (χ3v) is 2.18. The standard InChI is InChI=1S/C11H19NO/c1-7-8-12(11(4,5)6)9(2)10(3)13/h1,9H,8H2,2-6H3/t9-/m0/s1. The average Bonchev–Trinajstić information content (AvgIpc) is 1.96. The molecule has 2 heteroatoms. The van der Waals surface area contributed by atoms with E-state index in [9.17, 15) is 4.79 Å². The Bertz CT molecular complexity index is 219. The van der Waals surface area contributed by atoms with Crippen LogP contribution in [0.4, 0.5) is 0 Å². The molecule has 0 aliphatic carbocycles. The van der Waals surface area contributed by atoms with Crippen molar-refractivity contribution in [3.63, 3.8) is 0 Å². The lowest BCUT2D eigenvalue weighted by Crippen LogP contribution is -2.49. The van der Waals surface area contributed by atoms with Crippen LogP contribution in [0.15, 0.2) is 0 Å². The Labute approximate surface area is 81.3 Å². The number of hydrogen-bond acceptors (Lipinski definition) is 2. The molecule has 0 aliphatic rings.